The average molecular weight is 509 g/mol. The highest BCUT2D eigenvalue weighted by Gasteiger charge is 2.23. The van der Waals surface area contributed by atoms with Crippen LogP contribution in [-0.2, 0) is 16.0 Å². The Morgan fingerprint density at radius 1 is 1.19 bits per heavy atom. The third-order valence-corrected chi connectivity index (χ3v) is 6.38. The maximum absolute atomic E-state index is 12.8. The Kier molecular flexibility index (Phi) is 7.42. The lowest BCUT2D eigenvalue weighted by Gasteiger charge is -1.99. The van der Waals surface area contributed by atoms with Gasteiger partial charge in [0, 0.05) is 27.4 Å². The monoisotopic (exact) mass is 508 g/mol. The smallest absolute Gasteiger partial charge is 0.348 e. The number of furan rings is 1. The van der Waals surface area contributed by atoms with Crippen molar-refractivity contribution in [2.75, 3.05) is 6.61 Å². The van der Waals surface area contributed by atoms with Gasteiger partial charge in [-0.25, -0.2) is 4.79 Å². The normalized spacial score (nSPS) is 11.0. The van der Waals surface area contributed by atoms with Crippen molar-refractivity contribution in [1.29, 1.82) is 10.5 Å². The van der Waals surface area contributed by atoms with E-state index in [2.05, 4.69) is 15.9 Å². The van der Waals surface area contributed by atoms with Gasteiger partial charge in [0.05, 0.1) is 17.7 Å². The lowest BCUT2D eigenvalue weighted by molar-refractivity contribution is -0.114. The lowest BCUT2D eigenvalue weighted by Crippen LogP contribution is -2.05. The summed E-state index contributed by atoms with van der Waals surface area (Å²) in [5, 5.41) is 19.0. The Balaban J connectivity index is 1.84. The second kappa shape index (κ2) is 10.2. The van der Waals surface area contributed by atoms with E-state index in [1.807, 2.05) is 36.4 Å². The summed E-state index contributed by atoms with van der Waals surface area (Å²) in [4.78, 5) is 25.6. The van der Waals surface area contributed by atoms with Gasteiger partial charge >= 0.3 is 5.97 Å². The van der Waals surface area contributed by atoms with Gasteiger partial charge in [-0.05, 0) is 43.7 Å². The number of benzene rings is 1. The number of nitriles is 2. The van der Waals surface area contributed by atoms with Crippen LogP contribution in [0.3, 0.4) is 0 Å². The molecule has 8 heteroatoms. The van der Waals surface area contributed by atoms with Crippen molar-refractivity contribution in [2.45, 2.75) is 20.3 Å². The largest absolute Gasteiger partial charge is 0.462 e. The van der Waals surface area contributed by atoms with E-state index in [0.29, 0.717) is 26.8 Å². The van der Waals surface area contributed by atoms with Gasteiger partial charge in [0.2, 0.25) is 0 Å². The van der Waals surface area contributed by atoms with Gasteiger partial charge in [-0.2, -0.15) is 10.5 Å². The highest BCUT2D eigenvalue weighted by atomic mass is 79.9. The third kappa shape index (κ3) is 5.05. The number of Topliss-reactive ketones (excluding diaryl/α,β-unsaturated/α-hetero) is 1. The lowest BCUT2D eigenvalue weighted by atomic mass is 10.0. The summed E-state index contributed by atoms with van der Waals surface area (Å²) >= 11 is 4.42. The van der Waals surface area contributed by atoms with Crippen LogP contribution < -0.4 is 0 Å². The number of hydrogen-bond donors (Lipinski definition) is 0. The van der Waals surface area contributed by atoms with Gasteiger partial charge in [0.25, 0.3) is 0 Å². The molecule has 0 saturated heterocycles. The van der Waals surface area contributed by atoms with Crippen molar-refractivity contribution in [2.24, 2.45) is 0 Å². The number of carbonyl (C=O) groups is 2. The summed E-state index contributed by atoms with van der Waals surface area (Å²) in [5.74, 6) is -0.0318. The Hall–Kier alpha value is -3.46. The molecule has 0 unspecified atom stereocenters. The molecule has 0 amide bonds. The maximum atomic E-state index is 12.8. The van der Waals surface area contributed by atoms with E-state index in [1.54, 1.807) is 26.0 Å². The maximum Gasteiger partial charge on any atom is 0.348 e. The van der Waals surface area contributed by atoms with Crippen molar-refractivity contribution in [3.05, 3.63) is 73.1 Å². The van der Waals surface area contributed by atoms with Gasteiger partial charge in [0.15, 0.2) is 5.78 Å². The van der Waals surface area contributed by atoms with Crippen molar-refractivity contribution < 1.29 is 18.7 Å². The molecule has 1 aromatic carbocycles. The van der Waals surface area contributed by atoms with Gasteiger partial charge < -0.3 is 9.15 Å². The molecule has 3 rings (SSSR count). The number of halogens is 1. The summed E-state index contributed by atoms with van der Waals surface area (Å²) in [6.45, 7) is 3.54. The predicted octanol–water partition coefficient (Wildman–Crippen LogP) is 5.85. The molecule has 6 nitrogen and oxygen atoms in total. The molecule has 32 heavy (non-hydrogen) atoms. The second-order valence-corrected chi connectivity index (χ2v) is 8.69. The summed E-state index contributed by atoms with van der Waals surface area (Å²) in [6, 6.07) is 14.9. The molecule has 3 aromatic rings. The number of hydrogen-bond acceptors (Lipinski definition) is 7. The SMILES string of the molecule is CCOC(=O)c1sc(CC(=O)/C(C#N)=C/c2ccc(-c3ccc(Br)cc3)o2)c(C#N)c1C. The number of thiophene rings is 1. The first kappa shape index (κ1) is 23.2. The van der Waals surface area contributed by atoms with Gasteiger partial charge in [-0.3, -0.25) is 4.79 Å². The fraction of sp³-hybridized carbons (Fsp3) is 0.167. The fourth-order valence-electron chi connectivity index (χ4n) is 2.99. The van der Waals surface area contributed by atoms with Crippen molar-refractivity contribution >= 4 is 45.1 Å². The van der Waals surface area contributed by atoms with E-state index in [4.69, 9.17) is 9.15 Å². The zero-order valence-electron chi connectivity index (χ0n) is 17.3. The van der Waals surface area contributed by atoms with Crippen molar-refractivity contribution in [3.63, 3.8) is 0 Å². The van der Waals surface area contributed by atoms with Crippen LogP contribution in [-0.4, -0.2) is 18.4 Å². The number of ether oxygens (including phenoxy) is 1. The molecule has 0 radical (unpaired) electrons. The molecule has 0 atom stereocenters. The number of esters is 1. The highest BCUT2D eigenvalue weighted by Crippen LogP contribution is 2.30. The van der Waals surface area contributed by atoms with E-state index in [-0.39, 0.29) is 24.2 Å². The van der Waals surface area contributed by atoms with E-state index in [0.717, 1.165) is 21.4 Å². The zero-order valence-corrected chi connectivity index (χ0v) is 19.7. The number of allylic oxidation sites excluding steroid dienone is 1. The summed E-state index contributed by atoms with van der Waals surface area (Å²) in [6.07, 6.45) is 1.21. The molecule has 160 valence electrons. The quantitative estimate of drug-likeness (QED) is 0.225. The minimum atomic E-state index is -0.530. The van der Waals surface area contributed by atoms with E-state index < -0.39 is 11.8 Å². The van der Waals surface area contributed by atoms with E-state index >= 15 is 0 Å². The first-order valence-corrected chi connectivity index (χ1v) is 11.2. The predicted molar refractivity (Wildman–Crippen MR) is 124 cm³/mol. The van der Waals surface area contributed by atoms with Gasteiger partial charge in [-0.15, -0.1) is 11.3 Å². The standard InChI is InChI=1S/C24H17BrN2O4S/c1-3-30-24(29)23-14(2)19(13-27)22(32-23)11-20(28)16(12-26)10-18-8-9-21(31-18)15-4-6-17(25)7-5-15/h4-10H,3,11H2,1-2H3/b16-10+. The number of ketones is 1. The minimum absolute atomic E-state index is 0.102. The zero-order chi connectivity index (χ0) is 23.3. The Labute approximate surface area is 197 Å². The topological polar surface area (TPSA) is 104 Å². The molecular formula is C24H17BrN2O4S. The molecule has 0 aliphatic rings. The first-order valence-electron chi connectivity index (χ1n) is 9.58. The summed E-state index contributed by atoms with van der Waals surface area (Å²) in [7, 11) is 0. The van der Waals surface area contributed by atoms with Crippen LogP contribution in [0, 0.1) is 29.6 Å². The van der Waals surface area contributed by atoms with E-state index in [9.17, 15) is 20.1 Å². The number of carbonyl (C=O) groups excluding carboxylic acids is 2. The Morgan fingerprint density at radius 2 is 1.91 bits per heavy atom. The molecular weight excluding hydrogens is 492 g/mol. The molecule has 0 N–H and O–H groups in total. The van der Waals surface area contributed by atoms with Crippen LogP contribution in [0.2, 0.25) is 0 Å². The molecule has 0 spiro atoms. The number of nitrogens with zero attached hydrogens (tertiary/aromatic N) is 2. The minimum Gasteiger partial charge on any atom is -0.462 e. The third-order valence-electron chi connectivity index (χ3n) is 4.58. The van der Waals surface area contributed by atoms with Gasteiger partial charge in [-0.1, -0.05) is 28.1 Å². The molecule has 2 aromatic heterocycles. The van der Waals surface area contributed by atoms with Crippen LogP contribution in [0.25, 0.3) is 17.4 Å². The van der Waals surface area contributed by atoms with Crippen molar-refractivity contribution in [3.8, 4) is 23.5 Å². The van der Waals surface area contributed by atoms with Crippen molar-refractivity contribution in [1.82, 2.24) is 0 Å². The molecule has 2 heterocycles. The number of rotatable bonds is 7. The van der Waals surface area contributed by atoms with Crippen LogP contribution in [0.15, 0.2) is 50.9 Å². The van der Waals surface area contributed by atoms with Crippen LogP contribution >= 0.6 is 27.3 Å². The Morgan fingerprint density at radius 3 is 2.53 bits per heavy atom. The molecule has 0 aliphatic heterocycles. The fourth-order valence-corrected chi connectivity index (χ4v) is 4.41. The van der Waals surface area contributed by atoms with Crippen LogP contribution in [0.5, 0.6) is 0 Å². The molecule has 0 bridgehead atoms. The Bertz CT molecular complexity index is 1290. The van der Waals surface area contributed by atoms with E-state index in [1.165, 1.54) is 6.08 Å². The molecule has 0 aliphatic carbocycles. The first-order chi connectivity index (χ1) is 15.4. The molecule has 0 fully saturated rings. The highest BCUT2D eigenvalue weighted by molar-refractivity contribution is 9.10. The van der Waals surface area contributed by atoms with Crippen LogP contribution in [0.1, 0.15) is 38.4 Å². The second-order valence-electron chi connectivity index (χ2n) is 6.67. The molecule has 0 saturated carbocycles. The van der Waals surface area contributed by atoms with Crippen LogP contribution in [0.4, 0.5) is 0 Å². The average Bonchev–Trinajstić information content (AvgIpc) is 3.36. The van der Waals surface area contributed by atoms with Gasteiger partial charge in [0.1, 0.15) is 28.5 Å². The summed E-state index contributed by atoms with van der Waals surface area (Å²) < 4.78 is 11.7. The summed E-state index contributed by atoms with van der Waals surface area (Å²) in [5.41, 5.74) is 1.50.